The van der Waals surface area contributed by atoms with E-state index < -0.39 is 6.29 Å². The van der Waals surface area contributed by atoms with E-state index in [2.05, 4.69) is 37.4 Å². The van der Waals surface area contributed by atoms with Crippen LogP contribution in [0.15, 0.2) is 42.5 Å². The third-order valence-electron chi connectivity index (χ3n) is 2.81. The quantitative estimate of drug-likeness (QED) is 0.798. The maximum absolute atomic E-state index is 12.9. The van der Waals surface area contributed by atoms with Crippen molar-refractivity contribution in [3.63, 3.8) is 0 Å². The van der Waals surface area contributed by atoms with Crippen LogP contribution in [0.5, 0.6) is 11.5 Å². The maximum atomic E-state index is 12.9. The fourth-order valence-corrected chi connectivity index (χ4v) is 2.22. The number of alkyl halides is 2. The van der Waals surface area contributed by atoms with Gasteiger partial charge in [0.1, 0.15) is 0 Å². The molecule has 1 N–H and O–H groups in total. The van der Waals surface area contributed by atoms with Crippen LogP contribution in [0.4, 0.5) is 14.5 Å². The molecule has 6 heteroatoms. The van der Waals surface area contributed by atoms with Crippen LogP contribution in [0, 0.1) is 3.57 Å². The van der Waals surface area contributed by atoms with Crippen LogP contribution in [-0.2, 0) is 6.54 Å². The molecule has 1 aliphatic rings. The minimum Gasteiger partial charge on any atom is -0.395 e. The summed E-state index contributed by atoms with van der Waals surface area (Å²) in [6.45, 7) is 0.604. The first-order valence-electron chi connectivity index (χ1n) is 5.90. The molecular weight excluding hydrogens is 379 g/mol. The molecule has 3 nitrogen and oxygen atoms in total. The lowest BCUT2D eigenvalue weighted by Gasteiger charge is -2.07. The Hall–Kier alpha value is -1.57. The summed E-state index contributed by atoms with van der Waals surface area (Å²) in [5.74, 6) is 0.0948. The van der Waals surface area contributed by atoms with Gasteiger partial charge in [0.2, 0.25) is 0 Å². The smallest absolute Gasteiger partial charge is 0.395 e. The van der Waals surface area contributed by atoms with E-state index in [1.165, 1.54) is 12.1 Å². The molecule has 1 aliphatic heterocycles. The van der Waals surface area contributed by atoms with Crippen molar-refractivity contribution in [3.05, 3.63) is 51.6 Å². The number of hydrogen-bond donors (Lipinski definition) is 1. The van der Waals surface area contributed by atoms with Crippen LogP contribution in [0.2, 0.25) is 0 Å². The van der Waals surface area contributed by atoms with Crippen LogP contribution in [0.25, 0.3) is 0 Å². The van der Waals surface area contributed by atoms with Gasteiger partial charge in [-0.15, -0.1) is 8.78 Å². The predicted octanol–water partition coefficient (Wildman–Crippen LogP) is 4.22. The summed E-state index contributed by atoms with van der Waals surface area (Å²) in [4.78, 5) is 0. The molecule has 0 fully saturated rings. The van der Waals surface area contributed by atoms with Crippen molar-refractivity contribution in [2.24, 2.45) is 0 Å². The number of nitrogens with one attached hydrogen (secondary N) is 1. The minimum absolute atomic E-state index is 0.0441. The lowest BCUT2D eigenvalue weighted by atomic mass is 10.2. The van der Waals surface area contributed by atoms with E-state index in [-0.39, 0.29) is 11.5 Å². The monoisotopic (exact) mass is 389 g/mol. The molecule has 3 rings (SSSR count). The molecule has 20 heavy (non-hydrogen) atoms. The molecule has 0 spiro atoms. The number of benzene rings is 2. The van der Waals surface area contributed by atoms with Gasteiger partial charge in [-0.3, -0.25) is 0 Å². The molecule has 0 atom stereocenters. The van der Waals surface area contributed by atoms with Gasteiger partial charge in [-0.05, 0) is 52.4 Å². The summed E-state index contributed by atoms with van der Waals surface area (Å²) >= 11 is 2.24. The van der Waals surface area contributed by atoms with E-state index in [9.17, 15) is 8.78 Å². The van der Waals surface area contributed by atoms with Gasteiger partial charge in [0, 0.05) is 21.9 Å². The molecule has 0 amide bonds. The Bertz CT molecular complexity index is 632. The molecule has 0 aliphatic carbocycles. The maximum Gasteiger partial charge on any atom is 0.586 e. The second kappa shape index (κ2) is 5.08. The molecule has 2 aromatic rings. The Morgan fingerprint density at radius 2 is 1.70 bits per heavy atom. The fraction of sp³-hybridized carbons (Fsp3) is 0.143. The summed E-state index contributed by atoms with van der Waals surface area (Å²) in [5, 5.41) is 3.15. The lowest BCUT2D eigenvalue weighted by Crippen LogP contribution is -2.25. The Labute approximate surface area is 128 Å². The van der Waals surface area contributed by atoms with E-state index in [1.807, 2.05) is 24.3 Å². The molecule has 0 saturated heterocycles. The highest BCUT2D eigenvalue weighted by molar-refractivity contribution is 14.1. The van der Waals surface area contributed by atoms with Crippen molar-refractivity contribution < 1.29 is 18.3 Å². The average molecular weight is 389 g/mol. The molecule has 0 unspecified atom stereocenters. The van der Waals surface area contributed by atoms with E-state index in [0.29, 0.717) is 12.2 Å². The highest BCUT2D eigenvalue weighted by Gasteiger charge is 2.43. The van der Waals surface area contributed by atoms with Gasteiger partial charge in [-0.25, -0.2) is 0 Å². The van der Waals surface area contributed by atoms with Gasteiger partial charge in [-0.2, -0.15) is 0 Å². The molecule has 0 saturated carbocycles. The van der Waals surface area contributed by atoms with Crippen molar-refractivity contribution in [2.45, 2.75) is 12.8 Å². The lowest BCUT2D eigenvalue weighted by molar-refractivity contribution is -0.286. The molecule has 0 radical (unpaired) electrons. The van der Waals surface area contributed by atoms with Crippen LogP contribution < -0.4 is 14.8 Å². The van der Waals surface area contributed by atoms with Crippen LogP contribution in [0.3, 0.4) is 0 Å². The topological polar surface area (TPSA) is 30.5 Å². The summed E-state index contributed by atoms with van der Waals surface area (Å²) in [6.07, 6.45) is -3.57. The molecule has 0 bridgehead atoms. The summed E-state index contributed by atoms with van der Waals surface area (Å²) in [5.41, 5.74) is 1.80. The van der Waals surface area contributed by atoms with Crippen molar-refractivity contribution in [3.8, 4) is 11.5 Å². The summed E-state index contributed by atoms with van der Waals surface area (Å²) in [7, 11) is 0. The Balaban J connectivity index is 1.69. The van der Waals surface area contributed by atoms with Crippen LogP contribution in [-0.4, -0.2) is 6.29 Å². The fourth-order valence-electron chi connectivity index (χ4n) is 1.87. The van der Waals surface area contributed by atoms with E-state index in [0.717, 1.165) is 9.13 Å². The average Bonchev–Trinajstić information content (AvgIpc) is 2.71. The van der Waals surface area contributed by atoms with E-state index in [1.54, 1.807) is 6.07 Å². The highest BCUT2D eigenvalue weighted by atomic mass is 127. The van der Waals surface area contributed by atoms with Crippen LogP contribution in [0.1, 0.15) is 5.56 Å². The molecule has 104 valence electrons. The third-order valence-corrected chi connectivity index (χ3v) is 3.53. The van der Waals surface area contributed by atoms with Gasteiger partial charge in [0.15, 0.2) is 11.5 Å². The zero-order valence-corrected chi connectivity index (χ0v) is 12.4. The highest BCUT2D eigenvalue weighted by Crippen LogP contribution is 2.42. The normalized spacial score (nSPS) is 15.2. The van der Waals surface area contributed by atoms with E-state index in [4.69, 9.17) is 0 Å². The molecule has 2 aromatic carbocycles. The number of anilines is 1. The number of hydrogen-bond acceptors (Lipinski definition) is 3. The second-order valence-electron chi connectivity index (χ2n) is 4.31. The Kier molecular flexibility index (Phi) is 3.41. The number of fused-ring (bicyclic) bond motifs is 1. The minimum atomic E-state index is -3.57. The van der Waals surface area contributed by atoms with Crippen LogP contribution >= 0.6 is 22.6 Å². The largest absolute Gasteiger partial charge is 0.586 e. The number of ether oxygens (including phenoxy) is 2. The molecular formula is C14H10F2INO2. The van der Waals surface area contributed by atoms with Crippen molar-refractivity contribution in [1.82, 2.24) is 0 Å². The molecule has 1 heterocycles. The Morgan fingerprint density at radius 3 is 2.45 bits per heavy atom. The molecule has 0 aromatic heterocycles. The predicted molar refractivity (Wildman–Crippen MR) is 79.1 cm³/mol. The van der Waals surface area contributed by atoms with Gasteiger partial charge >= 0.3 is 6.29 Å². The zero-order valence-electron chi connectivity index (χ0n) is 10.2. The van der Waals surface area contributed by atoms with Crippen molar-refractivity contribution >= 4 is 28.3 Å². The summed E-state index contributed by atoms with van der Waals surface area (Å²) < 4.78 is 35.7. The standard InChI is InChI=1S/C14H10F2INO2/c15-14(16)19-12-6-5-11(7-13(12)20-14)18-8-9-1-3-10(17)4-2-9/h1-7,18H,8H2. The SMILES string of the molecule is FC1(F)Oc2ccc(NCc3ccc(I)cc3)cc2O1. The van der Waals surface area contributed by atoms with Crippen molar-refractivity contribution in [1.29, 1.82) is 0 Å². The second-order valence-corrected chi connectivity index (χ2v) is 5.55. The first-order chi connectivity index (χ1) is 9.52. The van der Waals surface area contributed by atoms with E-state index >= 15 is 0 Å². The number of rotatable bonds is 3. The van der Waals surface area contributed by atoms with Gasteiger partial charge in [0.05, 0.1) is 0 Å². The van der Waals surface area contributed by atoms with Gasteiger partial charge in [-0.1, -0.05) is 12.1 Å². The number of halogens is 3. The zero-order chi connectivity index (χ0) is 14.2. The van der Waals surface area contributed by atoms with Gasteiger partial charge < -0.3 is 14.8 Å². The van der Waals surface area contributed by atoms with Gasteiger partial charge in [0.25, 0.3) is 0 Å². The first kappa shape index (κ1) is 13.4. The first-order valence-corrected chi connectivity index (χ1v) is 6.98. The van der Waals surface area contributed by atoms with Crippen molar-refractivity contribution in [2.75, 3.05) is 5.32 Å². The Morgan fingerprint density at radius 1 is 1.00 bits per heavy atom. The third kappa shape index (κ3) is 2.95. The summed E-state index contributed by atoms with van der Waals surface area (Å²) in [6, 6.07) is 12.7.